The van der Waals surface area contributed by atoms with Crippen molar-refractivity contribution in [3.05, 3.63) is 187 Å². The van der Waals surface area contributed by atoms with E-state index in [9.17, 15) is 0 Å². The molecule has 3 aliphatic carbocycles. The Labute approximate surface area is 258 Å². The molecule has 9 rings (SSSR count). The first-order valence-corrected chi connectivity index (χ1v) is 15.5. The van der Waals surface area contributed by atoms with Crippen LogP contribution in [-0.4, -0.2) is 0 Å². The first-order chi connectivity index (χ1) is 21.8. The smallest absolute Gasteiger partial charge is 0.0131 e. The summed E-state index contributed by atoms with van der Waals surface area (Å²) in [6, 6.07) is 42.4. The van der Waals surface area contributed by atoms with Crippen LogP contribution >= 0.6 is 0 Å². The first kappa shape index (κ1) is 25.1. The molecule has 0 fully saturated rings. The van der Waals surface area contributed by atoms with Gasteiger partial charge in [0.15, 0.2) is 0 Å². The topological polar surface area (TPSA) is 0 Å². The van der Waals surface area contributed by atoms with Gasteiger partial charge in [-0.15, -0.1) is 0 Å². The van der Waals surface area contributed by atoms with Crippen LogP contribution in [0.25, 0.3) is 60.1 Å². The summed E-state index contributed by atoms with van der Waals surface area (Å²) >= 11 is 0. The molecule has 0 saturated carbocycles. The van der Waals surface area contributed by atoms with Gasteiger partial charge in [-0.1, -0.05) is 158 Å². The van der Waals surface area contributed by atoms with Crippen LogP contribution in [-0.2, 0) is 0 Å². The van der Waals surface area contributed by atoms with Crippen LogP contribution in [0.5, 0.6) is 0 Å². The van der Waals surface area contributed by atoms with E-state index in [-0.39, 0.29) is 0 Å². The second-order valence-corrected chi connectivity index (χ2v) is 12.0. The number of hydrogen-bond donors (Lipinski definition) is 0. The van der Waals surface area contributed by atoms with E-state index in [1.54, 1.807) is 0 Å². The van der Waals surface area contributed by atoms with Gasteiger partial charge < -0.3 is 0 Å². The van der Waals surface area contributed by atoms with Crippen LogP contribution in [0.2, 0.25) is 0 Å². The largest absolute Gasteiger partial charge is 0.0761 e. The lowest BCUT2D eigenvalue weighted by Gasteiger charge is -2.34. The fourth-order valence-electron chi connectivity index (χ4n) is 7.59. The van der Waals surface area contributed by atoms with Crippen molar-refractivity contribution in [3.63, 3.8) is 0 Å². The molecule has 44 heavy (non-hydrogen) atoms. The van der Waals surface area contributed by atoms with E-state index in [1.165, 1.54) is 76.9 Å². The molecule has 0 bridgehead atoms. The molecule has 2 atom stereocenters. The van der Waals surface area contributed by atoms with Crippen LogP contribution in [0.4, 0.5) is 0 Å². The second-order valence-electron chi connectivity index (χ2n) is 12.0. The first-order valence-electron chi connectivity index (χ1n) is 15.5. The molecule has 206 valence electrons. The molecule has 6 aromatic rings. The predicted molar refractivity (Wildman–Crippen MR) is 188 cm³/mol. The maximum absolute atomic E-state index is 2.45. The lowest BCUT2D eigenvalue weighted by Crippen LogP contribution is -2.21. The molecule has 0 heterocycles. The summed E-state index contributed by atoms with van der Waals surface area (Å²) < 4.78 is 0. The second kappa shape index (κ2) is 10.1. The molecule has 6 aromatic carbocycles. The zero-order valence-corrected chi connectivity index (χ0v) is 24.3. The Hall–Kier alpha value is -5.46. The summed E-state index contributed by atoms with van der Waals surface area (Å²) in [5.41, 5.74) is 10.5. The predicted octanol–water partition coefficient (Wildman–Crippen LogP) is 11.7. The minimum Gasteiger partial charge on any atom is -0.0761 e. The van der Waals surface area contributed by atoms with E-state index >= 15 is 0 Å². The van der Waals surface area contributed by atoms with Gasteiger partial charge in [-0.05, 0) is 89.0 Å². The summed E-state index contributed by atoms with van der Waals surface area (Å²) in [5.74, 6) is 0.728. The molecule has 0 saturated heterocycles. The van der Waals surface area contributed by atoms with Gasteiger partial charge in [0, 0.05) is 11.8 Å². The van der Waals surface area contributed by atoms with Crippen molar-refractivity contribution in [2.45, 2.75) is 0 Å². The molecule has 0 radical (unpaired) electrons. The summed E-state index contributed by atoms with van der Waals surface area (Å²) in [6.07, 6.45) is 20.6. The SMILES string of the molecule is C1=CC2=CC(c3c4ccccc4c(-c4ccc5cc(-c6ccccc6)ccc5c4)c4ccccc34)=C3C=CC=CC3C2C=C1. The summed E-state index contributed by atoms with van der Waals surface area (Å²) in [6.45, 7) is 0. The molecule has 0 spiro atoms. The van der Waals surface area contributed by atoms with Gasteiger partial charge in [0.25, 0.3) is 0 Å². The highest BCUT2D eigenvalue weighted by Crippen LogP contribution is 2.49. The van der Waals surface area contributed by atoms with Gasteiger partial charge >= 0.3 is 0 Å². The Bertz CT molecular complexity index is 2260. The quantitative estimate of drug-likeness (QED) is 0.190. The Morgan fingerprint density at radius 2 is 0.977 bits per heavy atom. The minimum atomic E-state index is 0.342. The summed E-state index contributed by atoms with van der Waals surface area (Å²) in [7, 11) is 0. The highest BCUT2D eigenvalue weighted by atomic mass is 14.3. The maximum Gasteiger partial charge on any atom is 0.0131 e. The zero-order chi connectivity index (χ0) is 29.0. The average molecular weight is 559 g/mol. The van der Waals surface area contributed by atoms with Crippen molar-refractivity contribution in [1.82, 2.24) is 0 Å². The van der Waals surface area contributed by atoms with Crippen molar-refractivity contribution < 1.29 is 0 Å². The summed E-state index contributed by atoms with van der Waals surface area (Å²) in [4.78, 5) is 0. The van der Waals surface area contributed by atoms with Gasteiger partial charge in [-0.2, -0.15) is 0 Å². The van der Waals surface area contributed by atoms with Crippen molar-refractivity contribution in [2.24, 2.45) is 11.8 Å². The van der Waals surface area contributed by atoms with Crippen molar-refractivity contribution in [3.8, 4) is 22.3 Å². The van der Waals surface area contributed by atoms with Crippen LogP contribution < -0.4 is 0 Å². The number of allylic oxidation sites excluding steroid dienone is 12. The lowest BCUT2D eigenvalue weighted by atomic mass is 9.69. The molecule has 0 nitrogen and oxygen atoms in total. The van der Waals surface area contributed by atoms with Gasteiger partial charge in [0.2, 0.25) is 0 Å². The highest BCUT2D eigenvalue weighted by Gasteiger charge is 2.31. The highest BCUT2D eigenvalue weighted by molar-refractivity contribution is 6.20. The van der Waals surface area contributed by atoms with Crippen molar-refractivity contribution >= 4 is 37.9 Å². The third-order valence-corrected chi connectivity index (χ3v) is 9.61. The third-order valence-electron chi connectivity index (χ3n) is 9.61. The Morgan fingerprint density at radius 1 is 0.409 bits per heavy atom. The average Bonchev–Trinajstić information content (AvgIpc) is 3.10. The summed E-state index contributed by atoms with van der Waals surface area (Å²) in [5, 5.41) is 7.70. The van der Waals surface area contributed by atoms with Crippen LogP contribution in [0.15, 0.2) is 181 Å². The third kappa shape index (κ3) is 3.92. The molecule has 0 aliphatic heterocycles. The fraction of sp³-hybridized carbons (Fsp3) is 0.0455. The molecule has 0 N–H and O–H groups in total. The Kier molecular flexibility index (Phi) is 5.74. The van der Waals surface area contributed by atoms with Crippen LogP contribution in [0.3, 0.4) is 0 Å². The van der Waals surface area contributed by atoms with Gasteiger partial charge in [0.05, 0.1) is 0 Å². The number of fused-ring (bicyclic) bond motifs is 6. The van der Waals surface area contributed by atoms with E-state index in [2.05, 4.69) is 170 Å². The normalized spacial score (nSPS) is 18.6. The van der Waals surface area contributed by atoms with Gasteiger partial charge in [0.1, 0.15) is 0 Å². The van der Waals surface area contributed by atoms with E-state index in [0.717, 1.165) is 0 Å². The number of rotatable bonds is 3. The molecular formula is C44H30. The molecule has 0 aromatic heterocycles. The van der Waals surface area contributed by atoms with Crippen LogP contribution in [0, 0.1) is 11.8 Å². The van der Waals surface area contributed by atoms with Crippen molar-refractivity contribution in [1.29, 1.82) is 0 Å². The van der Waals surface area contributed by atoms with Crippen molar-refractivity contribution in [2.75, 3.05) is 0 Å². The zero-order valence-electron chi connectivity index (χ0n) is 24.3. The Balaban J connectivity index is 1.29. The molecule has 0 heteroatoms. The molecule has 2 unspecified atom stereocenters. The number of benzene rings is 6. The van der Waals surface area contributed by atoms with Gasteiger partial charge in [-0.25, -0.2) is 0 Å². The van der Waals surface area contributed by atoms with E-state index in [4.69, 9.17) is 0 Å². The van der Waals surface area contributed by atoms with E-state index in [1.807, 2.05) is 0 Å². The molecule has 0 amide bonds. The van der Waals surface area contributed by atoms with Gasteiger partial charge in [-0.3, -0.25) is 0 Å². The monoisotopic (exact) mass is 558 g/mol. The lowest BCUT2D eigenvalue weighted by molar-refractivity contribution is 0.618. The van der Waals surface area contributed by atoms with Crippen LogP contribution in [0.1, 0.15) is 5.56 Å². The number of hydrogen-bond acceptors (Lipinski definition) is 0. The fourth-order valence-corrected chi connectivity index (χ4v) is 7.59. The minimum absolute atomic E-state index is 0.342. The molecular weight excluding hydrogens is 528 g/mol. The van der Waals surface area contributed by atoms with E-state index < -0.39 is 0 Å². The molecule has 3 aliphatic rings. The maximum atomic E-state index is 2.45. The van der Waals surface area contributed by atoms with E-state index in [0.29, 0.717) is 11.8 Å². The standard InChI is InChI=1S/C44H30/c1-2-12-29(13-3-1)30-22-23-32-27-34(25-24-31(32)26-30)43-38-18-8-10-20-40(38)44(41-21-11-9-19-39(41)43)42-28-33-14-4-5-15-35(33)36-16-6-7-17-37(36)42/h1-28,35-36H. The Morgan fingerprint density at radius 3 is 1.68 bits per heavy atom.